The van der Waals surface area contributed by atoms with Crippen molar-refractivity contribution < 1.29 is 14.4 Å². The molecule has 2 N–H and O–H groups in total. The first-order chi connectivity index (χ1) is 10.0. The molecule has 1 spiro atoms. The van der Waals surface area contributed by atoms with Crippen LogP contribution in [-0.4, -0.2) is 41.4 Å². The maximum Gasteiger partial charge on any atom is 0.322 e. The van der Waals surface area contributed by atoms with Crippen LogP contribution < -0.4 is 10.6 Å². The molecule has 7 heteroatoms. The maximum atomic E-state index is 12.4. The molecule has 3 rings (SSSR count). The average Bonchev–Trinajstić information content (AvgIpc) is 3.03. The normalized spacial score (nSPS) is 24.3. The van der Waals surface area contributed by atoms with E-state index in [0.717, 1.165) is 5.56 Å². The molecule has 6 nitrogen and oxygen atoms in total. The van der Waals surface area contributed by atoms with Crippen LogP contribution >= 0.6 is 11.6 Å². The first-order valence-electron chi connectivity index (χ1n) is 6.62. The standard InChI is InChI=1S/C14H14ClN3O3/c15-7-9-1-3-10(4-2-9)11(19)18-6-5-14(8-18)12(20)16-13(21)17-14/h1-4H,5-8H2,(H2,16,17,20,21). The summed E-state index contributed by atoms with van der Waals surface area (Å²) in [5.74, 6) is -0.115. The third-order valence-electron chi connectivity index (χ3n) is 3.93. The number of hydrogen-bond donors (Lipinski definition) is 2. The van der Waals surface area contributed by atoms with E-state index in [0.29, 0.717) is 24.4 Å². The first kappa shape index (κ1) is 13.9. The van der Waals surface area contributed by atoms with Crippen LogP contribution in [0.1, 0.15) is 22.3 Å². The Hall–Kier alpha value is -2.08. The van der Waals surface area contributed by atoms with E-state index in [4.69, 9.17) is 11.6 Å². The fraction of sp³-hybridized carbons (Fsp3) is 0.357. The molecule has 2 saturated heterocycles. The minimum absolute atomic E-state index is 0.151. The number of nitrogens with zero attached hydrogens (tertiary/aromatic N) is 1. The Kier molecular flexibility index (Phi) is 3.33. The lowest BCUT2D eigenvalue weighted by molar-refractivity contribution is -0.123. The van der Waals surface area contributed by atoms with E-state index in [1.165, 1.54) is 0 Å². The lowest BCUT2D eigenvalue weighted by Gasteiger charge is -2.21. The fourth-order valence-electron chi connectivity index (χ4n) is 2.72. The molecule has 2 aliphatic rings. The number of likely N-dealkylation sites (tertiary alicyclic amines) is 1. The van der Waals surface area contributed by atoms with Gasteiger partial charge in [-0.15, -0.1) is 11.6 Å². The summed E-state index contributed by atoms with van der Waals surface area (Å²) in [5, 5.41) is 4.84. The summed E-state index contributed by atoms with van der Waals surface area (Å²) in [6.45, 7) is 0.629. The Morgan fingerprint density at radius 2 is 2.00 bits per heavy atom. The molecule has 4 amide bonds. The second-order valence-corrected chi connectivity index (χ2v) is 5.56. The Labute approximate surface area is 126 Å². The Balaban J connectivity index is 1.75. The van der Waals surface area contributed by atoms with Crippen LogP contribution in [0.3, 0.4) is 0 Å². The van der Waals surface area contributed by atoms with Crippen LogP contribution in [0.4, 0.5) is 4.79 Å². The zero-order valence-electron chi connectivity index (χ0n) is 11.2. The highest BCUT2D eigenvalue weighted by molar-refractivity contribution is 6.17. The molecule has 0 bridgehead atoms. The van der Waals surface area contributed by atoms with Gasteiger partial charge in [0.1, 0.15) is 5.54 Å². The summed E-state index contributed by atoms with van der Waals surface area (Å²) >= 11 is 5.72. The number of carbonyl (C=O) groups excluding carboxylic acids is 3. The van der Waals surface area contributed by atoms with E-state index in [1.54, 1.807) is 29.2 Å². The van der Waals surface area contributed by atoms with E-state index >= 15 is 0 Å². The fourth-order valence-corrected chi connectivity index (χ4v) is 2.90. The predicted octanol–water partition coefficient (Wildman–Crippen LogP) is 0.849. The van der Waals surface area contributed by atoms with E-state index in [9.17, 15) is 14.4 Å². The third kappa shape index (κ3) is 2.35. The van der Waals surface area contributed by atoms with Gasteiger partial charge >= 0.3 is 6.03 Å². The minimum atomic E-state index is -0.969. The highest BCUT2D eigenvalue weighted by Gasteiger charge is 2.51. The van der Waals surface area contributed by atoms with E-state index in [-0.39, 0.29) is 18.4 Å². The van der Waals surface area contributed by atoms with Crippen molar-refractivity contribution in [1.82, 2.24) is 15.5 Å². The third-order valence-corrected chi connectivity index (χ3v) is 4.23. The van der Waals surface area contributed by atoms with Crippen LogP contribution in [0.2, 0.25) is 0 Å². The van der Waals surface area contributed by atoms with Crippen molar-refractivity contribution >= 4 is 29.4 Å². The molecule has 1 atom stereocenters. The zero-order valence-corrected chi connectivity index (χ0v) is 11.9. The quantitative estimate of drug-likeness (QED) is 0.628. The van der Waals surface area contributed by atoms with Gasteiger partial charge in [-0.1, -0.05) is 12.1 Å². The maximum absolute atomic E-state index is 12.4. The van der Waals surface area contributed by atoms with Gasteiger partial charge in [-0.3, -0.25) is 14.9 Å². The molecule has 0 aromatic heterocycles. The van der Waals surface area contributed by atoms with Gasteiger partial charge in [0, 0.05) is 18.0 Å². The predicted molar refractivity (Wildman–Crippen MR) is 75.9 cm³/mol. The van der Waals surface area contributed by atoms with Crippen molar-refractivity contribution in [2.75, 3.05) is 13.1 Å². The molecule has 2 heterocycles. The lowest BCUT2D eigenvalue weighted by atomic mass is 9.99. The van der Waals surface area contributed by atoms with Crippen molar-refractivity contribution in [2.45, 2.75) is 17.8 Å². The molecular weight excluding hydrogens is 294 g/mol. The number of benzene rings is 1. The summed E-state index contributed by atoms with van der Waals surface area (Å²) in [5.41, 5.74) is 0.516. The van der Waals surface area contributed by atoms with Gasteiger partial charge < -0.3 is 10.2 Å². The monoisotopic (exact) mass is 307 g/mol. The highest BCUT2D eigenvalue weighted by Crippen LogP contribution is 2.26. The molecular formula is C14H14ClN3O3. The number of nitrogens with one attached hydrogen (secondary N) is 2. The number of alkyl halides is 1. The van der Waals surface area contributed by atoms with Crippen molar-refractivity contribution in [2.24, 2.45) is 0 Å². The first-order valence-corrected chi connectivity index (χ1v) is 7.15. The number of carbonyl (C=O) groups is 3. The Bertz CT molecular complexity index is 616. The van der Waals surface area contributed by atoms with E-state index < -0.39 is 11.6 Å². The van der Waals surface area contributed by atoms with E-state index in [1.807, 2.05) is 0 Å². The molecule has 2 fully saturated rings. The molecule has 21 heavy (non-hydrogen) atoms. The number of rotatable bonds is 2. The summed E-state index contributed by atoms with van der Waals surface area (Å²) in [7, 11) is 0. The molecule has 1 unspecified atom stereocenters. The molecule has 0 saturated carbocycles. The van der Waals surface area contributed by atoms with Crippen LogP contribution in [0.25, 0.3) is 0 Å². The van der Waals surface area contributed by atoms with Crippen molar-refractivity contribution in [3.63, 3.8) is 0 Å². The van der Waals surface area contributed by atoms with Crippen molar-refractivity contribution in [3.05, 3.63) is 35.4 Å². The van der Waals surface area contributed by atoms with Gasteiger partial charge in [0.2, 0.25) is 0 Å². The van der Waals surface area contributed by atoms with Crippen LogP contribution in [0.15, 0.2) is 24.3 Å². The van der Waals surface area contributed by atoms with Crippen molar-refractivity contribution in [3.8, 4) is 0 Å². The SMILES string of the molecule is O=C1NC(=O)C2(CCN(C(=O)c3ccc(CCl)cc3)C2)N1. The lowest BCUT2D eigenvalue weighted by Crippen LogP contribution is -2.49. The van der Waals surface area contributed by atoms with Gasteiger partial charge in [0.05, 0.1) is 6.54 Å². The van der Waals surface area contributed by atoms with Gasteiger partial charge in [-0.25, -0.2) is 4.79 Å². The van der Waals surface area contributed by atoms with E-state index in [2.05, 4.69) is 10.6 Å². The number of urea groups is 1. The summed E-state index contributed by atoms with van der Waals surface area (Å²) in [6, 6.07) is 6.55. The average molecular weight is 308 g/mol. The summed E-state index contributed by atoms with van der Waals surface area (Å²) < 4.78 is 0. The number of hydrogen-bond acceptors (Lipinski definition) is 3. The number of halogens is 1. The van der Waals surface area contributed by atoms with Gasteiger partial charge in [0.15, 0.2) is 0 Å². The molecule has 2 aliphatic heterocycles. The molecule has 110 valence electrons. The second-order valence-electron chi connectivity index (χ2n) is 5.30. The van der Waals surface area contributed by atoms with Gasteiger partial charge in [-0.05, 0) is 24.1 Å². The smallest absolute Gasteiger partial charge is 0.322 e. The number of amides is 4. The summed E-state index contributed by atoms with van der Waals surface area (Å²) in [6.07, 6.45) is 0.427. The Morgan fingerprint density at radius 1 is 1.29 bits per heavy atom. The molecule has 1 aromatic carbocycles. The molecule has 1 aromatic rings. The Morgan fingerprint density at radius 3 is 2.57 bits per heavy atom. The molecule has 0 aliphatic carbocycles. The zero-order chi connectivity index (χ0) is 15.0. The van der Waals surface area contributed by atoms with Gasteiger partial charge in [0.25, 0.3) is 11.8 Å². The largest absolute Gasteiger partial charge is 0.336 e. The minimum Gasteiger partial charge on any atom is -0.336 e. The van der Waals surface area contributed by atoms with Crippen LogP contribution in [0.5, 0.6) is 0 Å². The number of imide groups is 1. The van der Waals surface area contributed by atoms with Crippen LogP contribution in [-0.2, 0) is 10.7 Å². The molecule has 0 radical (unpaired) electrons. The van der Waals surface area contributed by atoms with Crippen molar-refractivity contribution in [1.29, 1.82) is 0 Å². The van der Waals surface area contributed by atoms with Gasteiger partial charge in [-0.2, -0.15) is 0 Å². The van der Waals surface area contributed by atoms with Crippen LogP contribution in [0, 0.1) is 0 Å². The summed E-state index contributed by atoms with van der Waals surface area (Å²) in [4.78, 5) is 37.1. The second kappa shape index (κ2) is 5.04. The topological polar surface area (TPSA) is 78.5 Å². The highest BCUT2D eigenvalue weighted by atomic mass is 35.5.